The highest BCUT2D eigenvalue weighted by atomic mass is 16.2. The van der Waals surface area contributed by atoms with Crippen LogP contribution in [0, 0.1) is 13.8 Å². The molecule has 1 N–H and O–H groups in total. The molecule has 1 amide bonds. The molecule has 1 fully saturated rings. The highest BCUT2D eigenvalue weighted by molar-refractivity contribution is 5.84. The predicted octanol–water partition coefficient (Wildman–Crippen LogP) is 1.17. The topological polar surface area (TPSA) is 35.6 Å². The molecule has 104 valence electrons. The van der Waals surface area contributed by atoms with Crippen molar-refractivity contribution in [1.29, 1.82) is 0 Å². The molecule has 1 atom stereocenters. The fourth-order valence-electron chi connectivity index (χ4n) is 2.83. The number of likely N-dealkylation sites (N-methyl/N-ethyl adjacent to an activating group) is 2. The van der Waals surface area contributed by atoms with E-state index >= 15 is 0 Å². The summed E-state index contributed by atoms with van der Waals surface area (Å²) < 4.78 is 0. The quantitative estimate of drug-likeness (QED) is 0.887. The van der Waals surface area contributed by atoms with Gasteiger partial charge >= 0.3 is 0 Å². The molecule has 0 spiro atoms. The minimum atomic E-state index is 0.189. The van der Waals surface area contributed by atoms with Gasteiger partial charge in [-0.2, -0.15) is 0 Å². The lowest BCUT2D eigenvalue weighted by molar-refractivity contribution is -0.131. The monoisotopic (exact) mass is 261 g/mol. The van der Waals surface area contributed by atoms with E-state index in [0.29, 0.717) is 6.54 Å². The van der Waals surface area contributed by atoms with Gasteiger partial charge in [-0.15, -0.1) is 0 Å². The molecule has 0 aromatic heterocycles. The van der Waals surface area contributed by atoms with Gasteiger partial charge in [-0.3, -0.25) is 4.79 Å². The van der Waals surface area contributed by atoms with Crippen LogP contribution in [-0.4, -0.2) is 50.6 Å². The molecule has 1 saturated heterocycles. The van der Waals surface area contributed by atoms with Crippen molar-refractivity contribution in [1.82, 2.24) is 10.2 Å². The fourth-order valence-corrected chi connectivity index (χ4v) is 2.83. The van der Waals surface area contributed by atoms with Crippen LogP contribution in [0.25, 0.3) is 0 Å². The molecule has 1 aromatic carbocycles. The first-order valence-corrected chi connectivity index (χ1v) is 6.76. The number of piperazine rings is 1. The van der Waals surface area contributed by atoms with Crippen LogP contribution in [0.2, 0.25) is 0 Å². The van der Waals surface area contributed by atoms with E-state index in [1.54, 1.807) is 0 Å². The van der Waals surface area contributed by atoms with Crippen molar-refractivity contribution in [3.05, 3.63) is 29.3 Å². The van der Waals surface area contributed by atoms with Crippen LogP contribution in [0.5, 0.6) is 0 Å². The number of anilines is 1. The number of benzene rings is 1. The molecular formula is C15H23N3O. The molecule has 0 saturated carbocycles. The average molecular weight is 261 g/mol. The Balaban J connectivity index is 2.28. The largest absolute Gasteiger partial charge is 0.360 e. The van der Waals surface area contributed by atoms with Crippen molar-refractivity contribution in [3.8, 4) is 0 Å². The molecule has 4 nitrogen and oxygen atoms in total. The van der Waals surface area contributed by atoms with Crippen LogP contribution in [0.4, 0.5) is 5.69 Å². The summed E-state index contributed by atoms with van der Waals surface area (Å²) in [6.45, 7) is 6.40. The van der Waals surface area contributed by atoms with Gasteiger partial charge in [-0.05, 0) is 32.0 Å². The summed E-state index contributed by atoms with van der Waals surface area (Å²) in [6, 6.07) is 6.51. The Labute approximate surface area is 115 Å². The van der Waals surface area contributed by atoms with Crippen molar-refractivity contribution in [2.75, 3.05) is 38.6 Å². The SMILES string of the molecule is CNCC1CN(c2c(C)cccc2C)CC(=O)N1C. The summed E-state index contributed by atoms with van der Waals surface area (Å²) in [5.74, 6) is 0.189. The van der Waals surface area contributed by atoms with E-state index in [4.69, 9.17) is 0 Å². The third-order valence-corrected chi connectivity index (χ3v) is 3.89. The maximum absolute atomic E-state index is 12.1. The number of carbonyl (C=O) groups is 1. The Bertz CT molecular complexity index is 452. The number of nitrogens with one attached hydrogen (secondary N) is 1. The number of para-hydroxylation sites is 1. The molecule has 1 aliphatic heterocycles. The molecule has 1 heterocycles. The fraction of sp³-hybridized carbons (Fsp3) is 0.533. The molecule has 0 radical (unpaired) electrons. The lowest BCUT2D eigenvalue weighted by atomic mass is 10.0. The van der Waals surface area contributed by atoms with Crippen LogP contribution in [0.3, 0.4) is 0 Å². The van der Waals surface area contributed by atoms with E-state index < -0.39 is 0 Å². The Morgan fingerprint density at radius 3 is 2.53 bits per heavy atom. The second kappa shape index (κ2) is 5.61. The van der Waals surface area contributed by atoms with Gasteiger partial charge in [-0.1, -0.05) is 18.2 Å². The van der Waals surface area contributed by atoms with Gasteiger partial charge in [0.15, 0.2) is 0 Å². The maximum atomic E-state index is 12.1. The minimum Gasteiger partial charge on any atom is -0.360 e. The normalized spacial score (nSPS) is 20.0. The number of nitrogens with zero attached hydrogens (tertiary/aromatic N) is 2. The van der Waals surface area contributed by atoms with E-state index in [0.717, 1.165) is 13.1 Å². The third-order valence-electron chi connectivity index (χ3n) is 3.89. The van der Waals surface area contributed by atoms with Gasteiger partial charge < -0.3 is 15.1 Å². The summed E-state index contributed by atoms with van der Waals surface area (Å²) in [6.07, 6.45) is 0. The van der Waals surface area contributed by atoms with Crippen molar-refractivity contribution in [2.24, 2.45) is 0 Å². The summed E-state index contributed by atoms with van der Waals surface area (Å²) >= 11 is 0. The van der Waals surface area contributed by atoms with Gasteiger partial charge in [0.05, 0.1) is 12.6 Å². The number of carbonyl (C=O) groups excluding carboxylic acids is 1. The zero-order chi connectivity index (χ0) is 14.0. The molecule has 4 heteroatoms. The molecule has 1 aromatic rings. The van der Waals surface area contributed by atoms with Gasteiger partial charge in [0.1, 0.15) is 0 Å². The van der Waals surface area contributed by atoms with Crippen LogP contribution < -0.4 is 10.2 Å². The Morgan fingerprint density at radius 1 is 1.32 bits per heavy atom. The van der Waals surface area contributed by atoms with Crippen molar-refractivity contribution in [3.63, 3.8) is 0 Å². The number of rotatable bonds is 3. The van der Waals surface area contributed by atoms with Gasteiger partial charge in [0.2, 0.25) is 5.91 Å². The van der Waals surface area contributed by atoms with Gasteiger partial charge in [0, 0.05) is 25.8 Å². The van der Waals surface area contributed by atoms with E-state index in [1.807, 2.05) is 19.0 Å². The number of hydrogen-bond donors (Lipinski definition) is 1. The van der Waals surface area contributed by atoms with Gasteiger partial charge in [-0.25, -0.2) is 0 Å². The predicted molar refractivity (Wildman–Crippen MR) is 78.6 cm³/mol. The number of amides is 1. The zero-order valence-corrected chi connectivity index (χ0v) is 12.2. The van der Waals surface area contributed by atoms with Crippen molar-refractivity contribution in [2.45, 2.75) is 19.9 Å². The van der Waals surface area contributed by atoms with Crippen LogP contribution in [0.15, 0.2) is 18.2 Å². The second-order valence-electron chi connectivity index (χ2n) is 5.34. The van der Waals surface area contributed by atoms with E-state index in [9.17, 15) is 4.79 Å². The first kappa shape index (κ1) is 13.9. The Morgan fingerprint density at radius 2 is 1.95 bits per heavy atom. The van der Waals surface area contributed by atoms with Crippen LogP contribution >= 0.6 is 0 Å². The molecule has 0 aliphatic carbocycles. The lowest BCUT2D eigenvalue weighted by Crippen LogP contribution is -2.58. The Hall–Kier alpha value is -1.55. The average Bonchev–Trinajstić information content (AvgIpc) is 2.35. The smallest absolute Gasteiger partial charge is 0.242 e. The summed E-state index contributed by atoms with van der Waals surface area (Å²) in [7, 11) is 3.82. The second-order valence-corrected chi connectivity index (χ2v) is 5.34. The van der Waals surface area contributed by atoms with E-state index in [1.165, 1.54) is 16.8 Å². The highest BCUT2D eigenvalue weighted by Crippen LogP contribution is 2.26. The number of aryl methyl sites for hydroxylation is 2. The first-order valence-electron chi connectivity index (χ1n) is 6.76. The molecule has 1 aliphatic rings. The standard InChI is InChI=1S/C15H23N3O/c1-11-6-5-7-12(2)15(11)18-9-13(8-16-3)17(4)14(19)10-18/h5-7,13,16H,8-10H2,1-4H3. The Kier molecular flexibility index (Phi) is 4.10. The first-order chi connectivity index (χ1) is 9.04. The molecular weight excluding hydrogens is 238 g/mol. The molecule has 1 unspecified atom stereocenters. The molecule has 0 bridgehead atoms. The number of hydrogen-bond acceptors (Lipinski definition) is 3. The third kappa shape index (κ3) is 2.73. The maximum Gasteiger partial charge on any atom is 0.242 e. The molecule has 19 heavy (non-hydrogen) atoms. The van der Waals surface area contributed by atoms with Crippen LogP contribution in [-0.2, 0) is 4.79 Å². The van der Waals surface area contributed by atoms with Crippen molar-refractivity contribution < 1.29 is 4.79 Å². The highest BCUT2D eigenvalue weighted by Gasteiger charge is 2.30. The zero-order valence-electron chi connectivity index (χ0n) is 12.2. The van der Waals surface area contributed by atoms with Crippen molar-refractivity contribution >= 4 is 11.6 Å². The van der Waals surface area contributed by atoms with Gasteiger partial charge in [0.25, 0.3) is 0 Å². The lowest BCUT2D eigenvalue weighted by Gasteiger charge is -2.41. The van der Waals surface area contributed by atoms with E-state index in [-0.39, 0.29) is 11.9 Å². The van der Waals surface area contributed by atoms with E-state index in [2.05, 4.69) is 42.3 Å². The minimum absolute atomic E-state index is 0.189. The van der Waals surface area contributed by atoms with Crippen LogP contribution in [0.1, 0.15) is 11.1 Å². The summed E-state index contributed by atoms with van der Waals surface area (Å²) in [5, 5.41) is 3.17. The molecule has 2 rings (SSSR count). The summed E-state index contributed by atoms with van der Waals surface area (Å²) in [5.41, 5.74) is 3.69. The summed E-state index contributed by atoms with van der Waals surface area (Å²) in [4.78, 5) is 16.2.